The molecule has 1 N–H and O–H groups in total. The molecule has 0 aliphatic rings. The molecule has 0 fully saturated rings. The van der Waals surface area contributed by atoms with Gasteiger partial charge in [0, 0.05) is 0 Å². The molecule has 3 nitrogen and oxygen atoms in total. The number of halogens is 1. The van der Waals surface area contributed by atoms with Crippen molar-refractivity contribution in [1.82, 2.24) is 0 Å². The van der Waals surface area contributed by atoms with Gasteiger partial charge in [-0.15, -0.1) is 0 Å². The number of benzene rings is 1. The van der Waals surface area contributed by atoms with Crippen LogP contribution in [0.25, 0.3) is 0 Å². The Balaban J connectivity index is 2.82. The van der Waals surface area contributed by atoms with Crippen LogP contribution in [0.5, 0.6) is 5.75 Å². The van der Waals surface area contributed by atoms with Crippen molar-refractivity contribution in [2.24, 2.45) is 0 Å². The molecule has 1 unspecified atom stereocenters. The van der Waals surface area contributed by atoms with Gasteiger partial charge < -0.3 is 9.84 Å². The average Bonchev–Trinajstić information content (AvgIpc) is 2.20. The number of hydrogen-bond donors (Lipinski definition) is 1. The van der Waals surface area contributed by atoms with E-state index in [1.165, 1.54) is 6.92 Å². The van der Waals surface area contributed by atoms with Gasteiger partial charge in [0.15, 0.2) is 6.10 Å². The van der Waals surface area contributed by atoms with Gasteiger partial charge in [0.25, 0.3) is 0 Å². The summed E-state index contributed by atoms with van der Waals surface area (Å²) < 4.78 is 5.17. The van der Waals surface area contributed by atoms with Crippen molar-refractivity contribution in [1.29, 1.82) is 0 Å². The second-order valence-corrected chi connectivity index (χ2v) is 3.62. The lowest BCUT2D eigenvalue weighted by molar-refractivity contribution is -0.144. The van der Waals surface area contributed by atoms with E-state index in [0.717, 1.165) is 12.0 Å². The summed E-state index contributed by atoms with van der Waals surface area (Å²) in [7, 11) is 0. The van der Waals surface area contributed by atoms with Gasteiger partial charge in [0.05, 0.1) is 5.02 Å². The summed E-state index contributed by atoms with van der Waals surface area (Å²) in [6, 6.07) is 5.35. The van der Waals surface area contributed by atoms with E-state index in [4.69, 9.17) is 21.4 Å². The highest BCUT2D eigenvalue weighted by molar-refractivity contribution is 6.32. The van der Waals surface area contributed by atoms with E-state index < -0.39 is 12.1 Å². The van der Waals surface area contributed by atoms with Crippen LogP contribution in [0.15, 0.2) is 18.2 Å². The van der Waals surface area contributed by atoms with E-state index in [1.807, 2.05) is 13.0 Å². The normalized spacial score (nSPS) is 12.2. The number of carboxylic acid groups (broad SMARTS) is 1. The zero-order valence-corrected chi connectivity index (χ0v) is 9.41. The van der Waals surface area contributed by atoms with Crippen molar-refractivity contribution in [3.05, 3.63) is 28.8 Å². The maximum absolute atomic E-state index is 10.6. The summed E-state index contributed by atoms with van der Waals surface area (Å²) in [5.74, 6) is -0.602. The molecule has 0 aliphatic carbocycles. The molecule has 0 amide bonds. The van der Waals surface area contributed by atoms with Gasteiger partial charge in [-0.2, -0.15) is 0 Å². The van der Waals surface area contributed by atoms with E-state index in [1.54, 1.807) is 12.1 Å². The molecule has 0 aliphatic heterocycles. The van der Waals surface area contributed by atoms with Crippen LogP contribution in [0.2, 0.25) is 5.02 Å². The summed E-state index contributed by atoms with van der Waals surface area (Å²) in [5, 5.41) is 9.11. The molecule has 0 spiro atoms. The van der Waals surface area contributed by atoms with E-state index in [0.29, 0.717) is 10.8 Å². The van der Waals surface area contributed by atoms with Crippen molar-refractivity contribution in [3.8, 4) is 5.75 Å². The zero-order chi connectivity index (χ0) is 11.4. The lowest BCUT2D eigenvalue weighted by Crippen LogP contribution is -2.22. The number of hydrogen-bond acceptors (Lipinski definition) is 2. The highest BCUT2D eigenvalue weighted by Gasteiger charge is 2.14. The second-order valence-electron chi connectivity index (χ2n) is 3.22. The summed E-state index contributed by atoms with van der Waals surface area (Å²) in [5.41, 5.74) is 1.09. The number of ether oxygens (including phenoxy) is 1. The minimum absolute atomic E-state index is 0.406. The third-order valence-corrected chi connectivity index (χ3v) is 2.35. The minimum atomic E-state index is -1.01. The Morgan fingerprint density at radius 2 is 2.27 bits per heavy atom. The largest absolute Gasteiger partial charge is 0.479 e. The van der Waals surface area contributed by atoms with Gasteiger partial charge in [-0.25, -0.2) is 4.79 Å². The first-order valence-corrected chi connectivity index (χ1v) is 5.10. The molecule has 1 atom stereocenters. The lowest BCUT2D eigenvalue weighted by atomic mass is 10.2. The Labute approximate surface area is 93.6 Å². The predicted molar refractivity (Wildman–Crippen MR) is 58.6 cm³/mol. The average molecular weight is 229 g/mol. The molecule has 0 radical (unpaired) electrons. The van der Waals surface area contributed by atoms with Crippen LogP contribution in [0.3, 0.4) is 0 Å². The fourth-order valence-electron chi connectivity index (χ4n) is 1.10. The predicted octanol–water partition coefficient (Wildman–Crippen LogP) is 2.75. The molecule has 1 aromatic rings. The highest BCUT2D eigenvalue weighted by atomic mass is 35.5. The molecule has 1 rings (SSSR count). The van der Waals surface area contributed by atoms with E-state index in [9.17, 15) is 4.79 Å². The molecule has 1 aromatic carbocycles. The Morgan fingerprint density at radius 1 is 1.60 bits per heavy atom. The van der Waals surface area contributed by atoms with Gasteiger partial charge in [-0.05, 0) is 31.0 Å². The summed E-state index contributed by atoms with van der Waals surface area (Å²) in [4.78, 5) is 10.6. The van der Waals surface area contributed by atoms with Crippen LogP contribution in [-0.2, 0) is 11.2 Å². The van der Waals surface area contributed by atoms with Crippen LogP contribution in [0.1, 0.15) is 19.4 Å². The molecular formula is C11H13ClO3. The Hall–Kier alpha value is -1.22. The SMILES string of the molecule is CCc1ccc(OC(C)C(=O)O)c(Cl)c1. The minimum Gasteiger partial charge on any atom is -0.479 e. The van der Waals surface area contributed by atoms with Gasteiger partial charge in [-0.3, -0.25) is 0 Å². The van der Waals surface area contributed by atoms with E-state index in [-0.39, 0.29) is 0 Å². The highest BCUT2D eigenvalue weighted by Crippen LogP contribution is 2.26. The quantitative estimate of drug-likeness (QED) is 0.862. The van der Waals surface area contributed by atoms with Crippen LogP contribution >= 0.6 is 11.6 Å². The first kappa shape index (κ1) is 11.9. The van der Waals surface area contributed by atoms with Crippen molar-refractivity contribution < 1.29 is 14.6 Å². The molecular weight excluding hydrogens is 216 g/mol. The third-order valence-electron chi connectivity index (χ3n) is 2.06. The van der Waals surface area contributed by atoms with E-state index in [2.05, 4.69) is 0 Å². The summed E-state index contributed by atoms with van der Waals surface area (Å²) >= 11 is 5.94. The summed E-state index contributed by atoms with van der Waals surface area (Å²) in [6.07, 6.45) is -0.0101. The zero-order valence-electron chi connectivity index (χ0n) is 8.66. The molecule has 0 bridgehead atoms. The standard InChI is InChI=1S/C11H13ClO3/c1-3-8-4-5-10(9(12)6-8)15-7(2)11(13)14/h4-7H,3H2,1-2H3,(H,13,14). The Morgan fingerprint density at radius 3 is 2.73 bits per heavy atom. The maximum Gasteiger partial charge on any atom is 0.344 e. The van der Waals surface area contributed by atoms with Crippen molar-refractivity contribution >= 4 is 17.6 Å². The van der Waals surface area contributed by atoms with Gasteiger partial charge in [0.1, 0.15) is 5.75 Å². The number of rotatable bonds is 4. The van der Waals surface area contributed by atoms with Crippen molar-refractivity contribution in [2.45, 2.75) is 26.4 Å². The lowest BCUT2D eigenvalue weighted by Gasteiger charge is -2.12. The molecule has 0 saturated carbocycles. The van der Waals surface area contributed by atoms with Crippen LogP contribution in [0, 0.1) is 0 Å². The number of aliphatic carboxylic acids is 1. The number of carboxylic acids is 1. The smallest absolute Gasteiger partial charge is 0.344 e. The molecule has 0 aromatic heterocycles. The molecule has 4 heteroatoms. The maximum atomic E-state index is 10.6. The van der Waals surface area contributed by atoms with Crippen molar-refractivity contribution in [3.63, 3.8) is 0 Å². The first-order chi connectivity index (χ1) is 7.04. The third kappa shape index (κ3) is 3.13. The van der Waals surface area contributed by atoms with Crippen LogP contribution in [-0.4, -0.2) is 17.2 Å². The van der Waals surface area contributed by atoms with Crippen molar-refractivity contribution in [2.75, 3.05) is 0 Å². The summed E-state index contributed by atoms with van der Waals surface area (Å²) in [6.45, 7) is 3.48. The first-order valence-electron chi connectivity index (χ1n) is 4.72. The molecule has 15 heavy (non-hydrogen) atoms. The Kier molecular flexibility index (Phi) is 3.97. The monoisotopic (exact) mass is 228 g/mol. The topological polar surface area (TPSA) is 46.5 Å². The van der Waals surface area contributed by atoms with Gasteiger partial charge in [0.2, 0.25) is 0 Å². The fraction of sp³-hybridized carbons (Fsp3) is 0.364. The Bertz CT molecular complexity index is 363. The number of aryl methyl sites for hydroxylation is 1. The van der Waals surface area contributed by atoms with Crippen LogP contribution < -0.4 is 4.74 Å². The molecule has 82 valence electrons. The van der Waals surface area contributed by atoms with Gasteiger partial charge >= 0.3 is 5.97 Å². The van der Waals surface area contributed by atoms with Crippen LogP contribution in [0.4, 0.5) is 0 Å². The van der Waals surface area contributed by atoms with Gasteiger partial charge in [-0.1, -0.05) is 24.6 Å². The fourth-order valence-corrected chi connectivity index (χ4v) is 1.35. The molecule has 0 heterocycles. The molecule has 0 saturated heterocycles. The van der Waals surface area contributed by atoms with E-state index >= 15 is 0 Å². The number of carbonyl (C=O) groups is 1. The second kappa shape index (κ2) is 5.03.